The van der Waals surface area contributed by atoms with Crippen LogP contribution in [0.25, 0.3) is 6.08 Å². The van der Waals surface area contributed by atoms with Gasteiger partial charge in [0, 0.05) is 11.3 Å². The number of aryl methyl sites for hydroxylation is 2. The summed E-state index contributed by atoms with van der Waals surface area (Å²) in [7, 11) is 0. The Kier molecular flexibility index (Phi) is 3.81. The number of hydrogen-bond donors (Lipinski definition) is 1. The predicted octanol–water partition coefficient (Wildman–Crippen LogP) is 3.78. The SMILES string of the molecule is Cc1ccc(C)c(/C=C/C(=O)c2ccc(N)cc2)c1. The highest BCUT2D eigenvalue weighted by Crippen LogP contribution is 2.13. The lowest BCUT2D eigenvalue weighted by molar-refractivity contribution is 0.104. The van der Waals surface area contributed by atoms with E-state index in [4.69, 9.17) is 5.73 Å². The first-order valence-corrected chi connectivity index (χ1v) is 6.21. The van der Waals surface area contributed by atoms with Crippen LogP contribution in [0.15, 0.2) is 48.5 Å². The third-order valence-electron chi connectivity index (χ3n) is 3.04. The lowest BCUT2D eigenvalue weighted by Gasteiger charge is -2.02. The normalized spacial score (nSPS) is 10.8. The Morgan fingerprint density at radius 2 is 1.74 bits per heavy atom. The molecule has 0 amide bonds. The highest BCUT2D eigenvalue weighted by Gasteiger charge is 2.01. The molecule has 2 N–H and O–H groups in total. The van der Waals surface area contributed by atoms with Gasteiger partial charge < -0.3 is 5.73 Å². The molecule has 0 atom stereocenters. The Morgan fingerprint density at radius 1 is 1.05 bits per heavy atom. The number of nitrogen functional groups attached to an aromatic ring is 1. The number of allylic oxidation sites excluding steroid dienone is 1. The van der Waals surface area contributed by atoms with Crippen LogP contribution in [0.3, 0.4) is 0 Å². The van der Waals surface area contributed by atoms with Gasteiger partial charge in [-0.05, 0) is 55.3 Å². The topological polar surface area (TPSA) is 43.1 Å². The van der Waals surface area contributed by atoms with Gasteiger partial charge >= 0.3 is 0 Å². The molecule has 0 aliphatic heterocycles. The maximum atomic E-state index is 12.0. The summed E-state index contributed by atoms with van der Waals surface area (Å²) >= 11 is 0. The Bertz CT molecular complexity index is 624. The molecule has 0 heterocycles. The van der Waals surface area contributed by atoms with E-state index < -0.39 is 0 Å². The van der Waals surface area contributed by atoms with Gasteiger partial charge in [0.05, 0.1) is 0 Å². The van der Waals surface area contributed by atoms with E-state index in [0.717, 1.165) is 11.1 Å². The lowest BCUT2D eigenvalue weighted by Crippen LogP contribution is -1.95. The first-order valence-electron chi connectivity index (χ1n) is 6.21. The van der Waals surface area contributed by atoms with Gasteiger partial charge in [-0.25, -0.2) is 0 Å². The molecule has 0 aliphatic carbocycles. The Hall–Kier alpha value is -2.35. The zero-order valence-electron chi connectivity index (χ0n) is 11.2. The van der Waals surface area contributed by atoms with E-state index in [-0.39, 0.29) is 5.78 Å². The van der Waals surface area contributed by atoms with Crippen LogP contribution in [0.2, 0.25) is 0 Å². The largest absolute Gasteiger partial charge is 0.399 e. The molecular formula is C17H17NO. The van der Waals surface area contributed by atoms with E-state index in [0.29, 0.717) is 11.3 Å². The van der Waals surface area contributed by atoms with E-state index in [1.807, 2.05) is 19.9 Å². The molecule has 0 bridgehead atoms. The summed E-state index contributed by atoms with van der Waals surface area (Å²) in [6.07, 6.45) is 3.47. The third-order valence-corrected chi connectivity index (χ3v) is 3.04. The molecule has 0 saturated carbocycles. The molecule has 0 fully saturated rings. The summed E-state index contributed by atoms with van der Waals surface area (Å²) in [6.45, 7) is 4.07. The average molecular weight is 251 g/mol. The second-order valence-corrected chi connectivity index (χ2v) is 4.68. The van der Waals surface area contributed by atoms with Gasteiger partial charge in [0.15, 0.2) is 5.78 Å². The summed E-state index contributed by atoms with van der Waals surface area (Å²) in [5.41, 5.74) is 10.3. The molecule has 0 unspecified atom stereocenters. The van der Waals surface area contributed by atoms with Crippen molar-refractivity contribution in [2.75, 3.05) is 5.73 Å². The zero-order valence-corrected chi connectivity index (χ0v) is 11.2. The molecule has 0 aromatic heterocycles. The van der Waals surface area contributed by atoms with E-state index in [1.165, 1.54) is 5.56 Å². The second kappa shape index (κ2) is 5.53. The number of rotatable bonds is 3. The van der Waals surface area contributed by atoms with Gasteiger partial charge in [-0.3, -0.25) is 4.79 Å². The van der Waals surface area contributed by atoms with Crippen LogP contribution in [0.4, 0.5) is 5.69 Å². The molecule has 2 aromatic carbocycles. The van der Waals surface area contributed by atoms with Crippen LogP contribution in [0.1, 0.15) is 27.0 Å². The van der Waals surface area contributed by atoms with E-state index in [1.54, 1.807) is 30.3 Å². The van der Waals surface area contributed by atoms with Crippen molar-refractivity contribution in [1.29, 1.82) is 0 Å². The number of carbonyl (C=O) groups is 1. The maximum absolute atomic E-state index is 12.0. The smallest absolute Gasteiger partial charge is 0.185 e. The van der Waals surface area contributed by atoms with Crippen molar-refractivity contribution < 1.29 is 4.79 Å². The quantitative estimate of drug-likeness (QED) is 0.512. The van der Waals surface area contributed by atoms with E-state index >= 15 is 0 Å². The van der Waals surface area contributed by atoms with Crippen LogP contribution < -0.4 is 5.73 Å². The number of benzene rings is 2. The molecule has 0 radical (unpaired) electrons. The van der Waals surface area contributed by atoms with E-state index in [9.17, 15) is 4.79 Å². The summed E-state index contributed by atoms with van der Waals surface area (Å²) in [6, 6.07) is 13.1. The van der Waals surface area contributed by atoms with Gasteiger partial charge in [0.1, 0.15) is 0 Å². The fraction of sp³-hybridized carbons (Fsp3) is 0.118. The number of anilines is 1. The summed E-state index contributed by atoms with van der Waals surface area (Å²) in [5.74, 6) is -0.0130. The molecule has 0 spiro atoms. The molecule has 0 aliphatic rings. The van der Waals surface area contributed by atoms with Crippen LogP contribution >= 0.6 is 0 Å². The molecule has 19 heavy (non-hydrogen) atoms. The van der Waals surface area contributed by atoms with Gasteiger partial charge in [0.2, 0.25) is 0 Å². The van der Waals surface area contributed by atoms with Gasteiger partial charge in [0.25, 0.3) is 0 Å². The van der Waals surface area contributed by atoms with Crippen LogP contribution in [0.5, 0.6) is 0 Å². The number of ketones is 1. The summed E-state index contributed by atoms with van der Waals surface area (Å²) < 4.78 is 0. The molecule has 0 saturated heterocycles. The van der Waals surface area contributed by atoms with Crippen molar-refractivity contribution in [3.8, 4) is 0 Å². The van der Waals surface area contributed by atoms with Crippen LogP contribution in [-0.2, 0) is 0 Å². The van der Waals surface area contributed by atoms with Crippen molar-refractivity contribution in [2.24, 2.45) is 0 Å². The van der Waals surface area contributed by atoms with Crippen LogP contribution in [0, 0.1) is 13.8 Å². The standard InChI is InChI=1S/C17H17NO/c1-12-3-4-13(2)15(11-12)7-10-17(19)14-5-8-16(18)9-6-14/h3-11H,18H2,1-2H3/b10-7+. The fourth-order valence-electron chi connectivity index (χ4n) is 1.85. The maximum Gasteiger partial charge on any atom is 0.185 e. The Labute approximate surface area is 113 Å². The van der Waals surface area contributed by atoms with Crippen molar-refractivity contribution in [3.63, 3.8) is 0 Å². The van der Waals surface area contributed by atoms with Gasteiger partial charge in [-0.15, -0.1) is 0 Å². The molecule has 2 rings (SSSR count). The van der Waals surface area contributed by atoms with Crippen molar-refractivity contribution >= 4 is 17.5 Å². The Balaban J connectivity index is 2.20. The fourth-order valence-corrected chi connectivity index (χ4v) is 1.85. The van der Waals surface area contributed by atoms with Crippen molar-refractivity contribution in [3.05, 3.63) is 70.8 Å². The minimum Gasteiger partial charge on any atom is -0.399 e. The Morgan fingerprint density at radius 3 is 2.42 bits per heavy atom. The minimum atomic E-state index is -0.0130. The molecule has 2 nitrogen and oxygen atoms in total. The van der Waals surface area contributed by atoms with Crippen molar-refractivity contribution in [2.45, 2.75) is 13.8 Å². The minimum absolute atomic E-state index is 0.0130. The zero-order chi connectivity index (χ0) is 13.8. The van der Waals surface area contributed by atoms with Crippen molar-refractivity contribution in [1.82, 2.24) is 0 Å². The number of nitrogens with two attached hydrogens (primary N) is 1. The first-order chi connectivity index (χ1) is 9.06. The monoisotopic (exact) mass is 251 g/mol. The molecule has 96 valence electrons. The molecule has 2 aromatic rings. The van der Waals surface area contributed by atoms with Crippen LogP contribution in [-0.4, -0.2) is 5.78 Å². The lowest BCUT2D eigenvalue weighted by atomic mass is 10.0. The third kappa shape index (κ3) is 3.32. The molecular weight excluding hydrogens is 234 g/mol. The second-order valence-electron chi connectivity index (χ2n) is 4.68. The summed E-state index contributed by atoms with van der Waals surface area (Å²) in [5, 5.41) is 0. The van der Waals surface area contributed by atoms with E-state index in [2.05, 4.69) is 18.2 Å². The first kappa shape index (κ1) is 13.1. The van der Waals surface area contributed by atoms with Gasteiger partial charge in [-0.1, -0.05) is 29.8 Å². The number of carbonyl (C=O) groups excluding carboxylic acids is 1. The predicted molar refractivity (Wildman–Crippen MR) is 80.1 cm³/mol. The highest BCUT2D eigenvalue weighted by molar-refractivity contribution is 6.07. The highest BCUT2D eigenvalue weighted by atomic mass is 16.1. The molecule has 2 heteroatoms. The average Bonchev–Trinajstić information content (AvgIpc) is 2.40. The number of hydrogen-bond acceptors (Lipinski definition) is 2. The van der Waals surface area contributed by atoms with Gasteiger partial charge in [-0.2, -0.15) is 0 Å². The summed E-state index contributed by atoms with van der Waals surface area (Å²) in [4.78, 5) is 12.0.